The van der Waals surface area contributed by atoms with Crippen molar-refractivity contribution in [1.82, 2.24) is 0 Å². The molecule has 0 heterocycles. The Morgan fingerprint density at radius 2 is 1.93 bits per heavy atom. The van der Waals surface area contributed by atoms with E-state index in [9.17, 15) is 5.11 Å². The molecule has 2 rings (SSSR count). The third-order valence-electron chi connectivity index (χ3n) is 2.30. The molecule has 1 N–H and O–H groups in total. The van der Waals surface area contributed by atoms with E-state index in [4.69, 9.17) is 5.53 Å². The minimum absolute atomic E-state index is 0.281. The Bertz CT molecular complexity index is 468. The van der Waals surface area contributed by atoms with E-state index in [0.717, 1.165) is 11.1 Å². The smallest absolute Gasteiger partial charge is 0.331 e. The van der Waals surface area contributed by atoms with Gasteiger partial charge in [0, 0.05) is 0 Å². The van der Waals surface area contributed by atoms with Crippen LogP contribution in [0, 0.1) is 0 Å². The molecule has 0 amide bonds. The predicted octanol–water partition coefficient (Wildman–Crippen LogP) is 1.67. The molecule has 0 saturated carbocycles. The lowest BCUT2D eigenvalue weighted by Crippen LogP contribution is -2.22. The van der Waals surface area contributed by atoms with Crippen LogP contribution < -0.4 is 0 Å². The van der Waals surface area contributed by atoms with Crippen LogP contribution in [-0.2, 0) is 0 Å². The topological polar surface area (TPSA) is 56.6 Å². The lowest BCUT2D eigenvalue weighted by Gasteiger charge is -2.09. The van der Waals surface area contributed by atoms with Crippen molar-refractivity contribution in [3.63, 3.8) is 0 Å². The molecular weight excluding hydrogens is 188 g/mol. The third-order valence-corrected chi connectivity index (χ3v) is 2.30. The fraction of sp³-hybridized carbons (Fsp3) is 0.0833. The zero-order valence-corrected chi connectivity index (χ0v) is 8.04. The molecule has 1 aromatic rings. The summed E-state index contributed by atoms with van der Waals surface area (Å²) in [5, 5.41) is 9.58. The lowest BCUT2D eigenvalue weighted by atomic mass is 9.94. The van der Waals surface area contributed by atoms with Crippen molar-refractivity contribution < 1.29 is 9.90 Å². The van der Waals surface area contributed by atoms with Crippen molar-refractivity contribution in [2.45, 2.75) is 6.10 Å². The Kier molecular flexibility index (Phi) is 2.59. The minimum atomic E-state index is -0.838. The van der Waals surface area contributed by atoms with E-state index >= 15 is 0 Å². The van der Waals surface area contributed by atoms with Crippen LogP contribution >= 0.6 is 0 Å². The fourth-order valence-corrected chi connectivity index (χ4v) is 1.57. The summed E-state index contributed by atoms with van der Waals surface area (Å²) < 4.78 is 0. The van der Waals surface area contributed by atoms with Crippen LogP contribution in [0.3, 0.4) is 0 Å². The van der Waals surface area contributed by atoms with Crippen LogP contribution in [-0.4, -0.2) is 21.7 Å². The monoisotopic (exact) mass is 198 g/mol. The molecule has 1 unspecified atom stereocenters. The third kappa shape index (κ3) is 1.79. The van der Waals surface area contributed by atoms with Gasteiger partial charge in [0.25, 0.3) is 0 Å². The van der Waals surface area contributed by atoms with Crippen LogP contribution in [0.2, 0.25) is 0 Å². The van der Waals surface area contributed by atoms with Gasteiger partial charge in [-0.25, -0.2) is 0 Å². The van der Waals surface area contributed by atoms with Crippen molar-refractivity contribution in [2.24, 2.45) is 0 Å². The highest BCUT2D eigenvalue weighted by molar-refractivity contribution is 6.24. The molecule has 0 spiro atoms. The summed E-state index contributed by atoms with van der Waals surface area (Å²) >= 11 is 0. The average Bonchev–Trinajstić information content (AvgIpc) is 2.30. The number of aliphatic hydroxyl groups is 1. The highest BCUT2D eigenvalue weighted by Crippen LogP contribution is 2.20. The van der Waals surface area contributed by atoms with Crippen LogP contribution in [0.4, 0.5) is 0 Å². The molecule has 1 aliphatic carbocycles. The summed E-state index contributed by atoms with van der Waals surface area (Å²) in [6, 6.07) is 9.52. The molecule has 3 heteroatoms. The quantitative estimate of drug-likeness (QED) is 0.541. The Labute approximate surface area is 87.6 Å². The second-order valence-electron chi connectivity index (χ2n) is 3.26. The second-order valence-corrected chi connectivity index (χ2v) is 3.26. The number of hydrogen-bond donors (Lipinski definition) is 1. The molecule has 1 atom stereocenters. The number of allylic oxidation sites excluding steroid dienone is 2. The van der Waals surface area contributed by atoms with Crippen LogP contribution in [0.1, 0.15) is 5.56 Å². The number of rotatable bonds is 1. The van der Waals surface area contributed by atoms with Gasteiger partial charge in [0.2, 0.25) is 0 Å². The van der Waals surface area contributed by atoms with Crippen molar-refractivity contribution in [3.8, 4) is 0 Å². The van der Waals surface area contributed by atoms with Gasteiger partial charge >= 0.3 is 5.71 Å². The van der Waals surface area contributed by atoms with Crippen molar-refractivity contribution in [1.29, 1.82) is 0 Å². The van der Waals surface area contributed by atoms with Gasteiger partial charge < -0.3 is 10.6 Å². The standard InChI is InChI=1S/C12H10N2O/c13-14-12-10(7-4-8-11(12)15)9-5-2-1-3-6-9/h1-8,11,15H. The lowest BCUT2D eigenvalue weighted by molar-refractivity contribution is -0.0140. The number of nitrogens with zero attached hydrogens (tertiary/aromatic N) is 2. The Hall–Kier alpha value is -1.96. The average molecular weight is 198 g/mol. The predicted molar refractivity (Wildman–Crippen MR) is 58.2 cm³/mol. The van der Waals surface area contributed by atoms with E-state index in [1.807, 2.05) is 36.4 Å². The van der Waals surface area contributed by atoms with Gasteiger partial charge in [-0.2, -0.15) is 4.79 Å². The van der Waals surface area contributed by atoms with E-state index in [-0.39, 0.29) is 5.71 Å². The summed E-state index contributed by atoms with van der Waals surface area (Å²) in [5.41, 5.74) is 10.8. The highest BCUT2D eigenvalue weighted by atomic mass is 16.3. The maximum Gasteiger partial charge on any atom is 0.331 e. The van der Waals surface area contributed by atoms with E-state index < -0.39 is 6.10 Å². The Morgan fingerprint density at radius 3 is 2.60 bits per heavy atom. The van der Waals surface area contributed by atoms with Gasteiger partial charge in [-0.05, 0) is 17.7 Å². The first-order chi connectivity index (χ1) is 7.33. The van der Waals surface area contributed by atoms with Gasteiger partial charge in [0.05, 0.1) is 5.57 Å². The number of aliphatic hydroxyl groups excluding tert-OH is 1. The molecule has 0 saturated heterocycles. The number of hydrogen-bond acceptors (Lipinski definition) is 1. The van der Waals surface area contributed by atoms with Crippen molar-refractivity contribution >= 4 is 11.3 Å². The summed E-state index contributed by atoms with van der Waals surface area (Å²) in [6.07, 6.45) is 4.30. The van der Waals surface area contributed by atoms with Gasteiger partial charge in [-0.3, -0.25) is 0 Å². The first-order valence-electron chi connectivity index (χ1n) is 4.67. The SMILES string of the molecule is [N-]=[N+]=C1C(c2ccccc2)=CC=CC1O. The molecule has 1 aromatic carbocycles. The summed E-state index contributed by atoms with van der Waals surface area (Å²) in [5.74, 6) is 0. The Morgan fingerprint density at radius 1 is 1.20 bits per heavy atom. The minimum Gasteiger partial charge on any atom is -0.377 e. The van der Waals surface area contributed by atoms with Gasteiger partial charge in [0.1, 0.15) is 0 Å². The molecule has 74 valence electrons. The normalized spacial score (nSPS) is 19.7. The van der Waals surface area contributed by atoms with E-state index in [1.165, 1.54) is 0 Å². The molecule has 0 fully saturated rings. The van der Waals surface area contributed by atoms with Crippen LogP contribution in [0.15, 0.2) is 48.6 Å². The first kappa shape index (κ1) is 9.59. The highest BCUT2D eigenvalue weighted by Gasteiger charge is 2.26. The first-order valence-corrected chi connectivity index (χ1v) is 4.67. The largest absolute Gasteiger partial charge is 0.377 e. The summed E-state index contributed by atoms with van der Waals surface area (Å²) in [7, 11) is 0. The van der Waals surface area contributed by atoms with E-state index in [2.05, 4.69) is 4.79 Å². The van der Waals surface area contributed by atoms with Crippen LogP contribution in [0.5, 0.6) is 0 Å². The van der Waals surface area contributed by atoms with E-state index in [0.29, 0.717) is 0 Å². The fourth-order valence-electron chi connectivity index (χ4n) is 1.57. The van der Waals surface area contributed by atoms with Crippen molar-refractivity contribution in [3.05, 3.63) is 59.7 Å². The number of benzene rings is 1. The summed E-state index contributed by atoms with van der Waals surface area (Å²) in [6.45, 7) is 0. The molecule has 0 radical (unpaired) electrons. The molecule has 0 aliphatic heterocycles. The van der Waals surface area contributed by atoms with Gasteiger partial charge in [0.15, 0.2) is 6.10 Å². The van der Waals surface area contributed by atoms with Gasteiger partial charge in [-0.15, -0.1) is 0 Å². The maximum atomic E-state index is 9.58. The zero-order valence-electron chi connectivity index (χ0n) is 8.04. The molecule has 0 bridgehead atoms. The zero-order chi connectivity index (χ0) is 10.7. The second kappa shape index (κ2) is 4.05. The van der Waals surface area contributed by atoms with Gasteiger partial charge in [-0.1, -0.05) is 36.4 Å². The van der Waals surface area contributed by atoms with Crippen LogP contribution in [0.25, 0.3) is 11.1 Å². The molecule has 1 aliphatic rings. The molecular formula is C12H10N2O. The van der Waals surface area contributed by atoms with Crippen molar-refractivity contribution in [2.75, 3.05) is 0 Å². The summed E-state index contributed by atoms with van der Waals surface area (Å²) in [4.78, 5) is 3.13. The molecule has 3 nitrogen and oxygen atoms in total. The molecule has 15 heavy (non-hydrogen) atoms. The molecule has 0 aromatic heterocycles. The maximum absolute atomic E-state index is 9.58. The Balaban J connectivity index is 2.49. The van der Waals surface area contributed by atoms with E-state index in [1.54, 1.807) is 12.2 Å².